The third-order valence-electron chi connectivity index (χ3n) is 3.40. The minimum Gasteiger partial charge on any atom is -0.351 e. The number of hydrogen-bond donors (Lipinski definition) is 3. The first-order valence-electron chi connectivity index (χ1n) is 8.04. The summed E-state index contributed by atoms with van der Waals surface area (Å²) in [5.74, 6) is -0.0650. The largest absolute Gasteiger partial charge is 0.351 e. The molecule has 0 saturated heterocycles. The number of nitrogens with one attached hydrogen (secondary N) is 3. The first-order chi connectivity index (χ1) is 10.9. The van der Waals surface area contributed by atoms with Crippen molar-refractivity contribution < 1.29 is 14.5 Å². The van der Waals surface area contributed by atoms with Crippen molar-refractivity contribution in [3.8, 4) is 0 Å². The maximum atomic E-state index is 12.0. The van der Waals surface area contributed by atoms with Crippen molar-refractivity contribution in [3.05, 3.63) is 34.9 Å². The number of carbonyl (C=O) groups is 2. The van der Waals surface area contributed by atoms with E-state index in [1.807, 2.05) is 45.0 Å². The highest BCUT2D eigenvalue weighted by Gasteiger charge is 2.16. The van der Waals surface area contributed by atoms with E-state index in [1.165, 1.54) is 0 Å². The maximum Gasteiger partial charge on any atom is 0.275 e. The minimum absolute atomic E-state index is 0.0245. The molecule has 6 heteroatoms. The number of rotatable bonds is 9. The minimum atomic E-state index is -0.0405. The fourth-order valence-corrected chi connectivity index (χ4v) is 2.45. The van der Waals surface area contributed by atoms with E-state index in [9.17, 15) is 9.59 Å². The van der Waals surface area contributed by atoms with Gasteiger partial charge in [-0.3, -0.25) is 9.59 Å². The molecule has 0 saturated carbocycles. The van der Waals surface area contributed by atoms with Gasteiger partial charge in [-0.2, -0.15) is 0 Å². The third kappa shape index (κ3) is 8.57. The van der Waals surface area contributed by atoms with Crippen molar-refractivity contribution in [1.82, 2.24) is 10.6 Å². The van der Waals surface area contributed by atoms with E-state index >= 15 is 0 Å². The summed E-state index contributed by atoms with van der Waals surface area (Å²) in [6.45, 7) is 7.73. The Balaban J connectivity index is 2.32. The van der Waals surface area contributed by atoms with Crippen molar-refractivity contribution in [3.63, 3.8) is 0 Å². The molecule has 1 aromatic rings. The summed E-state index contributed by atoms with van der Waals surface area (Å²) in [7, 11) is 0. The van der Waals surface area contributed by atoms with Crippen molar-refractivity contribution in [1.29, 1.82) is 0 Å². The smallest absolute Gasteiger partial charge is 0.275 e. The molecule has 0 fully saturated rings. The Labute approximate surface area is 143 Å². The molecule has 128 valence electrons. The molecule has 23 heavy (non-hydrogen) atoms. The fraction of sp³-hybridized carbons (Fsp3) is 0.529. The van der Waals surface area contributed by atoms with Gasteiger partial charge in [-0.05, 0) is 44.9 Å². The molecule has 1 rings (SSSR count). The molecule has 2 amide bonds. The zero-order chi connectivity index (χ0) is 17.2. The number of likely N-dealkylation sites (N-methyl/N-ethyl adjacent to an activating group) is 1. The van der Waals surface area contributed by atoms with Crippen molar-refractivity contribution in [2.24, 2.45) is 0 Å². The third-order valence-corrected chi connectivity index (χ3v) is 3.63. The standard InChI is InChI=1S/C17H26ClN3O2/c1-4-21(12-17(23)20-13(2)3)11-16(22)19-9-8-14-6-5-7-15(18)10-14/h5-7,10,13H,4,8-9,11-12H2,1-3H3,(H,19,22)(H,20,23)/p+1. The number of quaternary nitrogens is 1. The highest BCUT2D eigenvalue weighted by atomic mass is 35.5. The number of hydrogen-bond acceptors (Lipinski definition) is 2. The van der Waals surface area contributed by atoms with Crippen molar-refractivity contribution >= 4 is 23.4 Å². The molecule has 0 aliphatic rings. The van der Waals surface area contributed by atoms with Gasteiger partial charge in [0.05, 0.1) is 6.54 Å². The van der Waals surface area contributed by atoms with E-state index in [0.717, 1.165) is 23.4 Å². The van der Waals surface area contributed by atoms with Crippen LogP contribution in [0.4, 0.5) is 0 Å². The van der Waals surface area contributed by atoms with Gasteiger partial charge < -0.3 is 15.5 Å². The van der Waals surface area contributed by atoms with Crippen LogP contribution < -0.4 is 15.5 Å². The second kappa shape index (κ2) is 10.2. The van der Waals surface area contributed by atoms with Crippen LogP contribution in [-0.4, -0.2) is 44.0 Å². The van der Waals surface area contributed by atoms with Crippen molar-refractivity contribution in [2.45, 2.75) is 33.2 Å². The summed E-state index contributed by atoms with van der Waals surface area (Å²) in [5, 5.41) is 6.44. The van der Waals surface area contributed by atoms with E-state index < -0.39 is 0 Å². The fourth-order valence-electron chi connectivity index (χ4n) is 2.24. The Hall–Kier alpha value is -1.59. The number of benzene rings is 1. The van der Waals surface area contributed by atoms with Crippen LogP contribution in [0.15, 0.2) is 24.3 Å². The van der Waals surface area contributed by atoms with Gasteiger partial charge in [-0.15, -0.1) is 0 Å². The lowest BCUT2D eigenvalue weighted by Gasteiger charge is -2.17. The molecule has 0 spiro atoms. The summed E-state index contributed by atoms with van der Waals surface area (Å²) < 4.78 is 0. The van der Waals surface area contributed by atoms with Gasteiger partial charge in [0.15, 0.2) is 13.1 Å². The molecule has 5 nitrogen and oxygen atoms in total. The van der Waals surface area contributed by atoms with E-state index in [1.54, 1.807) is 0 Å². The highest BCUT2D eigenvalue weighted by molar-refractivity contribution is 6.30. The number of amides is 2. The zero-order valence-electron chi connectivity index (χ0n) is 14.1. The lowest BCUT2D eigenvalue weighted by Crippen LogP contribution is -3.14. The molecule has 0 bridgehead atoms. The monoisotopic (exact) mass is 340 g/mol. The lowest BCUT2D eigenvalue weighted by atomic mass is 10.1. The number of halogens is 1. The summed E-state index contributed by atoms with van der Waals surface area (Å²) in [6.07, 6.45) is 0.738. The quantitative estimate of drug-likeness (QED) is 0.610. The summed E-state index contributed by atoms with van der Waals surface area (Å²) >= 11 is 5.93. The Morgan fingerprint density at radius 1 is 1.22 bits per heavy atom. The Morgan fingerprint density at radius 2 is 1.91 bits per heavy atom. The van der Waals surface area contributed by atoms with E-state index in [2.05, 4.69) is 10.6 Å². The van der Waals surface area contributed by atoms with Gasteiger partial charge in [0.25, 0.3) is 11.8 Å². The molecular formula is C17H27ClN3O2+. The lowest BCUT2D eigenvalue weighted by molar-refractivity contribution is -0.881. The van der Waals surface area contributed by atoms with Gasteiger partial charge in [-0.25, -0.2) is 0 Å². The van der Waals surface area contributed by atoms with Crippen LogP contribution in [0.5, 0.6) is 0 Å². The van der Waals surface area contributed by atoms with Crippen LogP contribution in [0.2, 0.25) is 5.02 Å². The predicted molar refractivity (Wildman–Crippen MR) is 92.7 cm³/mol. The average Bonchev–Trinajstić information content (AvgIpc) is 2.45. The first kappa shape index (κ1) is 19.5. The molecule has 0 heterocycles. The van der Waals surface area contributed by atoms with Crippen LogP contribution in [-0.2, 0) is 16.0 Å². The van der Waals surface area contributed by atoms with Crippen LogP contribution >= 0.6 is 11.6 Å². The molecule has 1 atom stereocenters. The van der Waals surface area contributed by atoms with E-state index in [4.69, 9.17) is 11.6 Å². The maximum absolute atomic E-state index is 12.0. The Morgan fingerprint density at radius 3 is 2.52 bits per heavy atom. The SMILES string of the molecule is CC[NH+](CC(=O)NCCc1cccc(Cl)c1)CC(=O)NC(C)C. The van der Waals surface area contributed by atoms with Crippen molar-refractivity contribution in [2.75, 3.05) is 26.2 Å². The molecule has 0 radical (unpaired) electrons. The van der Waals surface area contributed by atoms with Crippen LogP contribution in [0.1, 0.15) is 26.3 Å². The molecule has 0 aromatic heterocycles. The molecule has 0 aliphatic heterocycles. The molecule has 3 N–H and O–H groups in total. The van der Waals surface area contributed by atoms with Crippen LogP contribution in [0.3, 0.4) is 0 Å². The van der Waals surface area contributed by atoms with E-state index in [0.29, 0.717) is 24.7 Å². The normalized spacial score (nSPS) is 12.0. The molecule has 1 unspecified atom stereocenters. The molecule has 1 aromatic carbocycles. The number of carbonyl (C=O) groups excluding carboxylic acids is 2. The second-order valence-electron chi connectivity index (χ2n) is 5.91. The van der Waals surface area contributed by atoms with Crippen LogP contribution in [0, 0.1) is 0 Å². The topological polar surface area (TPSA) is 62.6 Å². The van der Waals surface area contributed by atoms with E-state index in [-0.39, 0.29) is 17.9 Å². The van der Waals surface area contributed by atoms with Gasteiger partial charge in [0.2, 0.25) is 0 Å². The second-order valence-corrected chi connectivity index (χ2v) is 6.35. The summed E-state index contributed by atoms with van der Waals surface area (Å²) in [6, 6.07) is 7.72. The van der Waals surface area contributed by atoms with Gasteiger partial charge in [0, 0.05) is 17.6 Å². The zero-order valence-corrected chi connectivity index (χ0v) is 14.9. The predicted octanol–water partition coefficient (Wildman–Crippen LogP) is 0.428. The first-order valence-corrected chi connectivity index (χ1v) is 8.42. The summed E-state index contributed by atoms with van der Waals surface area (Å²) in [4.78, 5) is 24.7. The Kier molecular flexibility index (Phi) is 8.66. The Bertz CT molecular complexity index is 520. The van der Waals surface area contributed by atoms with Gasteiger partial charge >= 0.3 is 0 Å². The average molecular weight is 341 g/mol. The van der Waals surface area contributed by atoms with Gasteiger partial charge in [0.1, 0.15) is 0 Å². The molecule has 0 aliphatic carbocycles. The van der Waals surface area contributed by atoms with Gasteiger partial charge in [-0.1, -0.05) is 23.7 Å². The van der Waals surface area contributed by atoms with Crippen LogP contribution in [0.25, 0.3) is 0 Å². The molecular weight excluding hydrogens is 314 g/mol. The highest BCUT2D eigenvalue weighted by Crippen LogP contribution is 2.10. The summed E-state index contributed by atoms with van der Waals surface area (Å²) in [5.41, 5.74) is 1.09.